The second-order valence-corrected chi connectivity index (χ2v) is 10.9. The molecule has 33 heavy (non-hydrogen) atoms. The van der Waals surface area contributed by atoms with Crippen LogP contribution in [-0.2, 0) is 26.2 Å². The maximum absolute atomic E-state index is 13.9. The van der Waals surface area contributed by atoms with E-state index in [1.54, 1.807) is 27.8 Å². The van der Waals surface area contributed by atoms with Crippen molar-refractivity contribution in [1.82, 2.24) is 10.2 Å². The highest BCUT2D eigenvalue weighted by Gasteiger charge is 2.66. The number of halogens is 3. The zero-order valence-corrected chi connectivity index (χ0v) is 20.7. The van der Waals surface area contributed by atoms with Crippen molar-refractivity contribution in [3.63, 3.8) is 0 Å². The fourth-order valence-corrected chi connectivity index (χ4v) is 5.79. The molecule has 1 aromatic carbocycles. The summed E-state index contributed by atoms with van der Waals surface area (Å²) in [7, 11) is 1.57. The zero-order valence-electron chi connectivity index (χ0n) is 19.1. The van der Waals surface area contributed by atoms with Crippen LogP contribution in [0.3, 0.4) is 0 Å². The summed E-state index contributed by atoms with van der Waals surface area (Å²) in [4.78, 5) is 32.5. The summed E-state index contributed by atoms with van der Waals surface area (Å²) in [6.07, 6.45) is 1.15. The van der Waals surface area contributed by atoms with Crippen LogP contribution in [0.4, 0.5) is 13.6 Å². The van der Waals surface area contributed by atoms with Gasteiger partial charge in [-0.2, -0.15) is 8.78 Å². The molecule has 7 nitrogen and oxygen atoms in total. The molecule has 1 fully saturated rings. The van der Waals surface area contributed by atoms with Crippen LogP contribution < -0.4 is 5.32 Å². The van der Waals surface area contributed by atoms with Crippen molar-refractivity contribution in [2.24, 2.45) is 10.4 Å². The number of likely N-dealkylation sites (N-methyl/N-ethyl adjacent to an activating group) is 1. The van der Waals surface area contributed by atoms with E-state index in [1.807, 2.05) is 18.2 Å². The van der Waals surface area contributed by atoms with Gasteiger partial charge in [0.15, 0.2) is 5.54 Å². The Kier molecular flexibility index (Phi) is 6.05. The summed E-state index contributed by atoms with van der Waals surface area (Å²) >= 11 is 3.50. The molecule has 1 unspecified atom stereocenters. The van der Waals surface area contributed by atoms with Crippen LogP contribution >= 0.6 is 15.9 Å². The molecule has 0 aromatic heterocycles. The Hall–Kier alpha value is -2.07. The first kappa shape index (κ1) is 24.1. The summed E-state index contributed by atoms with van der Waals surface area (Å²) in [5, 5.41) is 2.63. The third-order valence-electron chi connectivity index (χ3n) is 6.76. The number of carbonyl (C=O) groups is 2. The normalized spacial score (nSPS) is 29.1. The number of nitrogens with one attached hydrogen (secondary N) is 1. The van der Waals surface area contributed by atoms with Gasteiger partial charge in [0, 0.05) is 16.9 Å². The molecule has 1 saturated carbocycles. The number of benzene rings is 1. The Bertz CT molecular complexity index is 1000. The molecular formula is C23H28BrF2N3O4. The van der Waals surface area contributed by atoms with Gasteiger partial charge < -0.3 is 9.47 Å². The van der Waals surface area contributed by atoms with Gasteiger partial charge in [0.25, 0.3) is 5.91 Å². The Morgan fingerprint density at radius 2 is 1.97 bits per heavy atom. The van der Waals surface area contributed by atoms with E-state index in [0.29, 0.717) is 32.1 Å². The fraction of sp³-hybridized carbons (Fsp3) is 0.609. The lowest BCUT2D eigenvalue weighted by atomic mass is 9.61. The Morgan fingerprint density at radius 3 is 2.58 bits per heavy atom. The van der Waals surface area contributed by atoms with Gasteiger partial charge in [0.1, 0.15) is 5.60 Å². The molecule has 1 heterocycles. The smallest absolute Gasteiger partial charge is 0.414 e. The second-order valence-electron chi connectivity index (χ2n) is 9.99. The number of hydrogen-bond acceptors (Lipinski definition) is 5. The molecule has 1 N–H and O–H groups in total. The molecule has 1 aromatic rings. The third-order valence-corrected chi connectivity index (χ3v) is 7.25. The minimum absolute atomic E-state index is 0.118. The number of fused-ring (bicyclic) bond motifs is 3. The summed E-state index contributed by atoms with van der Waals surface area (Å²) in [6, 6.07) is 5.79. The van der Waals surface area contributed by atoms with Crippen LogP contribution in [0.25, 0.3) is 0 Å². The number of alkyl halides is 2. The van der Waals surface area contributed by atoms with Crippen LogP contribution in [0.5, 0.6) is 0 Å². The number of nitrogens with zero attached hydrogens (tertiary/aromatic N) is 2. The Balaban J connectivity index is 1.74. The summed E-state index contributed by atoms with van der Waals surface area (Å²) in [6.45, 7) is 2.42. The van der Waals surface area contributed by atoms with Gasteiger partial charge in [-0.25, -0.2) is 9.79 Å². The number of aliphatic imine (C=N–C) groups is 1. The van der Waals surface area contributed by atoms with Crippen LogP contribution in [0.1, 0.15) is 57.6 Å². The highest BCUT2D eigenvalue weighted by molar-refractivity contribution is 9.10. The van der Waals surface area contributed by atoms with Crippen LogP contribution in [0, 0.1) is 5.41 Å². The average Bonchev–Trinajstić information content (AvgIpc) is 3.10. The van der Waals surface area contributed by atoms with E-state index in [9.17, 15) is 18.4 Å². The molecule has 2 amide bonds. The molecule has 4 rings (SSSR count). The maximum Gasteiger partial charge on any atom is 0.414 e. The second kappa shape index (κ2) is 8.30. The van der Waals surface area contributed by atoms with Gasteiger partial charge in [-0.1, -0.05) is 22.0 Å². The highest BCUT2D eigenvalue weighted by Crippen LogP contribution is 2.62. The quantitative estimate of drug-likeness (QED) is 0.603. The maximum atomic E-state index is 13.9. The predicted molar refractivity (Wildman–Crippen MR) is 121 cm³/mol. The molecular weight excluding hydrogens is 500 g/mol. The Morgan fingerprint density at radius 1 is 1.30 bits per heavy atom. The first-order valence-electron chi connectivity index (χ1n) is 11.0. The Labute approximate surface area is 200 Å². The molecule has 3 aliphatic rings. The number of guanidine groups is 1. The van der Waals surface area contributed by atoms with E-state index >= 15 is 0 Å². The van der Waals surface area contributed by atoms with Crippen LogP contribution in [-0.4, -0.2) is 48.2 Å². The lowest BCUT2D eigenvalue weighted by molar-refractivity contribution is -0.178. The molecule has 180 valence electrons. The standard InChI is InChI=1S/C23H28BrF2N3O4/c1-21(2,3)33-20(31)27-19-28-23(17(30)29(19)4)16-11-14(24)6-5-13(16)12-22(23)9-7-15(8-10-22)32-18(25)26/h5-6,11,15,18H,7-10,12H2,1-4H3,(H,27,28,31). The van der Waals surface area contributed by atoms with Crippen molar-refractivity contribution in [2.75, 3.05) is 7.05 Å². The summed E-state index contributed by atoms with van der Waals surface area (Å²) in [5.41, 5.74) is -0.779. The van der Waals surface area contributed by atoms with Crippen LogP contribution in [0.15, 0.2) is 27.7 Å². The SMILES string of the molecule is CN1C(=O)C2(N=C1NC(=O)OC(C)(C)C)c1cc(Br)ccc1CC21CCC(OC(F)F)CC1. The van der Waals surface area contributed by atoms with Gasteiger partial charge in [0.05, 0.1) is 6.10 Å². The first-order chi connectivity index (χ1) is 15.4. The zero-order chi connectivity index (χ0) is 24.2. The lowest BCUT2D eigenvalue weighted by Gasteiger charge is -2.45. The first-order valence-corrected chi connectivity index (χ1v) is 11.8. The van der Waals surface area contributed by atoms with Crippen molar-refractivity contribution in [3.8, 4) is 0 Å². The molecule has 0 bridgehead atoms. The van der Waals surface area contributed by atoms with E-state index < -0.39 is 35.4 Å². The van der Waals surface area contributed by atoms with Crippen molar-refractivity contribution in [3.05, 3.63) is 33.8 Å². The van der Waals surface area contributed by atoms with Crippen molar-refractivity contribution < 1.29 is 27.8 Å². The van der Waals surface area contributed by atoms with Gasteiger partial charge in [-0.15, -0.1) is 0 Å². The molecule has 1 aliphatic heterocycles. The molecule has 0 saturated heterocycles. The number of alkyl carbamates (subject to hydrolysis) is 1. The predicted octanol–water partition coefficient (Wildman–Crippen LogP) is 4.72. The monoisotopic (exact) mass is 527 g/mol. The average molecular weight is 528 g/mol. The molecule has 1 atom stereocenters. The number of rotatable bonds is 2. The minimum Gasteiger partial charge on any atom is -0.444 e. The van der Waals surface area contributed by atoms with Crippen molar-refractivity contribution in [2.45, 2.75) is 76.7 Å². The van der Waals surface area contributed by atoms with E-state index in [4.69, 9.17) is 14.5 Å². The van der Waals surface area contributed by atoms with Gasteiger partial charge >= 0.3 is 12.7 Å². The van der Waals surface area contributed by atoms with Gasteiger partial charge in [-0.05, 0) is 76.1 Å². The lowest BCUT2D eigenvalue weighted by Crippen LogP contribution is -2.51. The van der Waals surface area contributed by atoms with Gasteiger partial charge in [-0.3, -0.25) is 15.0 Å². The van der Waals surface area contributed by atoms with E-state index in [0.717, 1.165) is 15.6 Å². The highest BCUT2D eigenvalue weighted by atomic mass is 79.9. The number of carbonyl (C=O) groups excluding carboxylic acids is 2. The third kappa shape index (κ3) is 4.16. The van der Waals surface area contributed by atoms with Crippen molar-refractivity contribution in [1.29, 1.82) is 0 Å². The minimum atomic E-state index is -2.82. The largest absolute Gasteiger partial charge is 0.444 e. The van der Waals surface area contributed by atoms with Gasteiger partial charge in [0.2, 0.25) is 5.96 Å². The van der Waals surface area contributed by atoms with E-state index in [1.165, 1.54) is 4.90 Å². The van der Waals surface area contributed by atoms with E-state index in [2.05, 4.69) is 21.2 Å². The fourth-order valence-electron chi connectivity index (χ4n) is 5.43. The molecule has 2 spiro atoms. The number of amides is 2. The molecule has 10 heteroatoms. The van der Waals surface area contributed by atoms with E-state index in [-0.39, 0.29) is 11.9 Å². The summed E-state index contributed by atoms with van der Waals surface area (Å²) < 4.78 is 36.5. The van der Waals surface area contributed by atoms with Crippen LogP contribution in [0.2, 0.25) is 0 Å². The number of ether oxygens (including phenoxy) is 2. The topological polar surface area (TPSA) is 80.2 Å². The summed E-state index contributed by atoms with van der Waals surface area (Å²) in [5.74, 6) is -0.133. The molecule has 0 radical (unpaired) electrons. The molecule has 2 aliphatic carbocycles. The van der Waals surface area contributed by atoms with Crippen molar-refractivity contribution >= 4 is 33.9 Å². The number of hydrogen-bond donors (Lipinski definition) is 1.